The van der Waals surface area contributed by atoms with Gasteiger partial charge in [0.2, 0.25) is 0 Å². The number of thiophene rings is 1. The van der Waals surface area contributed by atoms with E-state index < -0.39 is 17.6 Å². The summed E-state index contributed by atoms with van der Waals surface area (Å²) in [5.41, 5.74) is 1.33. The Morgan fingerprint density at radius 3 is 2.33 bits per heavy atom. The third-order valence-corrected chi connectivity index (χ3v) is 7.05. The topological polar surface area (TPSA) is 77.5 Å². The second kappa shape index (κ2) is 11.3. The lowest BCUT2D eigenvalue weighted by molar-refractivity contribution is -0.137. The van der Waals surface area contributed by atoms with E-state index >= 15 is 8.78 Å². The van der Waals surface area contributed by atoms with Gasteiger partial charge in [-0.1, -0.05) is 0 Å². The van der Waals surface area contributed by atoms with Gasteiger partial charge in [-0.25, -0.2) is 8.78 Å². The van der Waals surface area contributed by atoms with Crippen molar-refractivity contribution in [3.05, 3.63) is 45.8 Å². The van der Waals surface area contributed by atoms with Gasteiger partial charge in [-0.2, -0.15) is 0 Å². The largest absolute Gasteiger partial charge is 0.493 e. The predicted octanol–water partition coefficient (Wildman–Crippen LogP) is 5.53. The third-order valence-electron chi connectivity index (χ3n) is 6.05. The average Bonchev–Trinajstić information content (AvgIpc) is 3.43. The number of carboxylic acid groups (broad SMARTS) is 1. The minimum atomic E-state index is -0.845. The van der Waals surface area contributed by atoms with Crippen molar-refractivity contribution in [3.63, 3.8) is 0 Å². The van der Waals surface area contributed by atoms with Crippen LogP contribution >= 0.6 is 11.3 Å². The van der Waals surface area contributed by atoms with Crippen LogP contribution in [-0.2, 0) is 17.9 Å². The van der Waals surface area contributed by atoms with Crippen molar-refractivity contribution in [2.45, 2.75) is 39.3 Å². The quantitative estimate of drug-likeness (QED) is 0.314. The van der Waals surface area contributed by atoms with Crippen LogP contribution in [0.3, 0.4) is 0 Å². The second-order valence-corrected chi connectivity index (χ2v) is 9.90. The lowest BCUT2D eigenvalue weighted by atomic mass is 10.1. The molecular weight excluding hydrogens is 492 g/mol. The lowest BCUT2D eigenvalue weighted by Gasteiger charge is -2.15. The zero-order chi connectivity index (χ0) is 25.8. The van der Waals surface area contributed by atoms with Gasteiger partial charge in [0.1, 0.15) is 0 Å². The van der Waals surface area contributed by atoms with Crippen molar-refractivity contribution < 1.29 is 37.6 Å². The molecule has 0 spiro atoms. The van der Waals surface area contributed by atoms with Gasteiger partial charge in [-0.3, -0.25) is 9.69 Å². The van der Waals surface area contributed by atoms with E-state index in [0.29, 0.717) is 54.9 Å². The van der Waals surface area contributed by atoms with Gasteiger partial charge in [0, 0.05) is 52.5 Å². The van der Waals surface area contributed by atoms with E-state index in [1.54, 1.807) is 18.2 Å². The number of fused-ring (bicyclic) bond motifs is 2. The Morgan fingerprint density at radius 1 is 1.00 bits per heavy atom. The summed E-state index contributed by atoms with van der Waals surface area (Å²) in [5, 5.41) is 9.33. The molecule has 3 aromatic rings. The molecule has 1 aromatic heterocycles. The van der Waals surface area contributed by atoms with Crippen LogP contribution in [0.25, 0.3) is 10.1 Å². The molecule has 1 N–H and O–H groups in total. The van der Waals surface area contributed by atoms with Crippen molar-refractivity contribution >= 4 is 27.4 Å². The first kappa shape index (κ1) is 26.0. The molecule has 2 heterocycles. The number of halogens is 2. The van der Waals surface area contributed by atoms with Crippen LogP contribution in [0, 0.1) is 18.6 Å². The zero-order valence-electron chi connectivity index (χ0n) is 20.5. The zero-order valence-corrected chi connectivity index (χ0v) is 21.3. The molecule has 4 rings (SSSR count). The van der Waals surface area contributed by atoms with Crippen LogP contribution < -0.4 is 18.9 Å². The van der Waals surface area contributed by atoms with Crippen LogP contribution in [-0.4, -0.2) is 50.0 Å². The molecule has 36 heavy (non-hydrogen) atoms. The Labute approximate surface area is 212 Å². The molecule has 0 fully saturated rings. The number of hydrogen-bond donors (Lipinski definition) is 1. The second-order valence-electron chi connectivity index (χ2n) is 8.61. The van der Waals surface area contributed by atoms with E-state index in [1.165, 1.54) is 25.6 Å². The summed E-state index contributed by atoms with van der Waals surface area (Å²) in [6.07, 6.45) is 0.950. The van der Waals surface area contributed by atoms with Gasteiger partial charge < -0.3 is 24.1 Å². The fourth-order valence-corrected chi connectivity index (χ4v) is 5.30. The molecule has 2 aromatic carbocycles. The number of benzene rings is 2. The molecule has 0 radical (unpaired) electrons. The molecule has 0 saturated carbocycles. The Kier molecular flexibility index (Phi) is 8.15. The van der Waals surface area contributed by atoms with E-state index in [9.17, 15) is 4.79 Å². The summed E-state index contributed by atoms with van der Waals surface area (Å²) >= 11 is 1.48. The van der Waals surface area contributed by atoms with Crippen LogP contribution in [0.5, 0.6) is 23.0 Å². The first-order valence-electron chi connectivity index (χ1n) is 11.7. The summed E-state index contributed by atoms with van der Waals surface area (Å²) in [6.45, 7) is 3.67. The number of ether oxygens (including phenoxy) is 4. The highest BCUT2D eigenvalue weighted by Crippen LogP contribution is 2.40. The molecule has 0 amide bonds. The SMILES string of the molecule is COc1cc2c(c(F)c1OCCCOc1c(OC)cc3sc(C)cc3c1F)CN(CCCC(=O)O)C2. The molecule has 1 aliphatic heterocycles. The molecule has 0 aliphatic carbocycles. The highest BCUT2D eigenvalue weighted by atomic mass is 32.1. The van der Waals surface area contributed by atoms with Crippen molar-refractivity contribution in [1.82, 2.24) is 4.90 Å². The predicted molar refractivity (Wildman–Crippen MR) is 133 cm³/mol. The van der Waals surface area contributed by atoms with E-state index in [4.69, 9.17) is 24.1 Å². The highest BCUT2D eigenvalue weighted by Gasteiger charge is 2.27. The van der Waals surface area contributed by atoms with E-state index in [0.717, 1.165) is 15.1 Å². The maximum atomic E-state index is 15.3. The summed E-state index contributed by atoms with van der Waals surface area (Å²) < 4.78 is 53.2. The van der Waals surface area contributed by atoms with Gasteiger partial charge >= 0.3 is 5.97 Å². The maximum Gasteiger partial charge on any atom is 0.303 e. The molecule has 0 unspecified atom stereocenters. The number of carbonyl (C=O) groups is 1. The van der Waals surface area contributed by atoms with Crippen LogP contribution in [0.1, 0.15) is 35.3 Å². The Bertz CT molecular complexity index is 1260. The smallest absolute Gasteiger partial charge is 0.303 e. The average molecular weight is 522 g/mol. The number of methoxy groups -OCH3 is 2. The van der Waals surface area contributed by atoms with Crippen LogP contribution in [0.4, 0.5) is 8.78 Å². The van der Waals surface area contributed by atoms with E-state index in [2.05, 4.69) is 0 Å². The lowest BCUT2D eigenvalue weighted by Crippen LogP contribution is -2.18. The van der Waals surface area contributed by atoms with Crippen molar-refractivity contribution in [1.29, 1.82) is 0 Å². The molecular formula is C26H29F2NO6S. The fourth-order valence-electron chi connectivity index (χ4n) is 4.35. The Hall–Kier alpha value is -3.11. The monoisotopic (exact) mass is 521 g/mol. The van der Waals surface area contributed by atoms with Gasteiger partial charge in [0.25, 0.3) is 0 Å². The summed E-state index contributed by atoms with van der Waals surface area (Å²) in [5.74, 6) is -1.09. The van der Waals surface area contributed by atoms with Crippen molar-refractivity contribution in [2.24, 2.45) is 0 Å². The van der Waals surface area contributed by atoms with Gasteiger partial charge in [0.15, 0.2) is 34.6 Å². The van der Waals surface area contributed by atoms with Gasteiger partial charge in [-0.05, 0) is 37.6 Å². The maximum absolute atomic E-state index is 15.3. The number of hydrogen-bond acceptors (Lipinski definition) is 7. The number of aryl methyl sites for hydroxylation is 1. The van der Waals surface area contributed by atoms with Crippen LogP contribution in [0.15, 0.2) is 18.2 Å². The molecule has 0 atom stereocenters. The summed E-state index contributed by atoms with van der Waals surface area (Å²) in [7, 11) is 2.92. The number of rotatable bonds is 12. The molecule has 10 heteroatoms. The normalized spacial score (nSPS) is 13.1. The minimum absolute atomic E-state index is 0.0302. The molecule has 7 nitrogen and oxygen atoms in total. The van der Waals surface area contributed by atoms with Gasteiger partial charge in [0.05, 0.1) is 27.4 Å². The van der Waals surface area contributed by atoms with Crippen LogP contribution in [0.2, 0.25) is 0 Å². The van der Waals surface area contributed by atoms with E-state index in [1.807, 2.05) is 11.8 Å². The third kappa shape index (κ3) is 5.49. The summed E-state index contributed by atoms with van der Waals surface area (Å²) in [6, 6.07) is 5.30. The molecule has 0 saturated heterocycles. The molecule has 194 valence electrons. The van der Waals surface area contributed by atoms with Crippen molar-refractivity contribution in [3.8, 4) is 23.0 Å². The van der Waals surface area contributed by atoms with Gasteiger partial charge in [-0.15, -0.1) is 11.3 Å². The number of aliphatic carboxylic acids is 1. The first-order chi connectivity index (χ1) is 17.3. The standard InChI is InChI=1S/C26H29F2NO6S/c1-15-10-17-21(36-15)12-20(33-3)26(23(17)27)35-9-5-8-34-25-19(32-2)11-16-13-29(7-4-6-22(30)31)14-18(16)24(25)28/h10-12H,4-9,13-14H2,1-3H3,(H,30,31). The Balaban J connectivity index is 1.37. The number of nitrogens with zero attached hydrogens (tertiary/aromatic N) is 1. The highest BCUT2D eigenvalue weighted by molar-refractivity contribution is 7.19. The minimum Gasteiger partial charge on any atom is -0.493 e. The fraction of sp³-hybridized carbons (Fsp3) is 0.423. The van der Waals surface area contributed by atoms with E-state index in [-0.39, 0.29) is 31.1 Å². The molecule has 0 bridgehead atoms. The first-order valence-corrected chi connectivity index (χ1v) is 12.5. The summed E-state index contributed by atoms with van der Waals surface area (Å²) in [4.78, 5) is 13.8. The molecule has 1 aliphatic rings. The Morgan fingerprint density at radius 2 is 1.67 bits per heavy atom. The van der Waals surface area contributed by atoms with Crippen molar-refractivity contribution in [2.75, 3.05) is 34.0 Å². The number of carboxylic acids is 1.